The van der Waals surface area contributed by atoms with Gasteiger partial charge in [0.15, 0.2) is 5.69 Å². The number of alkyl halides is 3. The second-order valence-electron chi connectivity index (χ2n) is 3.33. The zero-order chi connectivity index (χ0) is 14.2. The van der Waals surface area contributed by atoms with Crippen molar-refractivity contribution in [2.75, 3.05) is 0 Å². The Labute approximate surface area is 112 Å². The number of hydrogen-bond donors (Lipinski definition) is 0. The van der Waals surface area contributed by atoms with Gasteiger partial charge in [-0.1, -0.05) is 0 Å². The van der Waals surface area contributed by atoms with Crippen LogP contribution in [0.2, 0.25) is 5.28 Å². The molecule has 0 aliphatic carbocycles. The summed E-state index contributed by atoms with van der Waals surface area (Å²) >= 11 is 6.25. The first-order valence-electron chi connectivity index (χ1n) is 4.61. The van der Waals surface area contributed by atoms with Gasteiger partial charge < -0.3 is 0 Å². The molecule has 0 aromatic carbocycles. The number of halogens is 4. The van der Waals surface area contributed by atoms with Crippen molar-refractivity contribution < 1.29 is 18.1 Å². The third kappa shape index (κ3) is 2.66. The lowest BCUT2D eigenvalue weighted by atomic mass is 10.1. The average molecular weight is 310 g/mol. The van der Waals surface area contributed by atoms with Gasteiger partial charge in [0, 0.05) is 16.3 Å². The Bertz CT molecular complexity index is 644. The van der Waals surface area contributed by atoms with Gasteiger partial charge in [0.2, 0.25) is 5.28 Å². The Hall–Kier alpha value is -1.74. The molecule has 0 fully saturated rings. The van der Waals surface area contributed by atoms with Crippen LogP contribution in [0, 0.1) is 10.1 Å². The minimum Gasteiger partial charge on any atom is -0.258 e. The van der Waals surface area contributed by atoms with Crippen LogP contribution >= 0.6 is 22.9 Å². The largest absolute Gasteiger partial charge is 0.417 e. The van der Waals surface area contributed by atoms with Crippen molar-refractivity contribution >= 4 is 28.6 Å². The summed E-state index contributed by atoms with van der Waals surface area (Å²) in [5.74, 6) is 0. The fourth-order valence-corrected chi connectivity index (χ4v) is 2.36. The minimum absolute atomic E-state index is 0.361. The van der Waals surface area contributed by atoms with Crippen molar-refractivity contribution in [3.8, 4) is 11.3 Å². The molecule has 0 aliphatic heterocycles. The fraction of sp³-hybridized carbons (Fsp3) is 0.111. The van der Waals surface area contributed by atoms with Gasteiger partial charge in [-0.05, 0) is 11.6 Å². The van der Waals surface area contributed by atoms with Crippen LogP contribution in [-0.2, 0) is 6.18 Å². The Morgan fingerprint density at radius 1 is 1.37 bits per heavy atom. The molecule has 19 heavy (non-hydrogen) atoms. The first-order valence-corrected chi connectivity index (χ1v) is 5.93. The Morgan fingerprint density at radius 2 is 2.05 bits per heavy atom. The first-order chi connectivity index (χ1) is 8.80. The topological polar surface area (TPSA) is 68.9 Å². The Morgan fingerprint density at radius 3 is 2.63 bits per heavy atom. The summed E-state index contributed by atoms with van der Waals surface area (Å²) in [7, 11) is 0. The van der Waals surface area contributed by atoms with E-state index >= 15 is 0 Å². The van der Waals surface area contributed by atoms with E-state index in [0.29, 0.717) is 0 Å². The summed E-state index contributed by atoms with van der Waals surface area (Å²) in [6.45, 7) is 0. The molecule has 2 heterocycles. The highest BCUT2D eigenvalue weighted by molar-refractivity contribution is 7.08. The maximum absolute atomic E-state index is 12.8. The lowest BCUT2D eigenvalue weighted by Gasteiger charge is -2.07. The molecule has 0 saturated carbocycles. The third-order valence-corrected chi connectivity index (χ3v) is 3.08. The Balaban J connectivity index is 2.69. The molecule has 0 bridgehead atoms. The van der Waals surface area contributed by atoms with Gasteiger partial charge in [-0.25, -0.2) is 9.97 Å². The summed E-state index contributed by atoms with van der Waals surface area (Å²) < 4.78 is 38.3. The molecular formula is C9H3ClF3N3O2S. The number of thiophene rings is 1. The van der Waals surface area contributed by atoms with Crippen molar-refractivity contribution in [1.29, 1.82) is 0 Å². The van der Waals surface area contributed by atoms with Crippen LogP contribution in [0.1, 0.15) is 5.56 Å². The number of nitro groups is 1. The van der Waals surface area contributed by atoms with Crippen LogP contribution < -0.4 is 0 Å². The molecule has 100 valence electrons. The predicted octanol–water partition coefficient (Wildman–Crippen LogP) is 3.79. The Kier molecular flexibility index (Phi) is 3.42. The molecule has 0 N–H and O–H groups in total. The van der Waals surface area contributed by atoms with E-state index in [2.05, 4.69) is 9.97 Å². The normalized spacial score (nSPS) is 11.6. The molecule has 10 heteroatoms. The van der Waals surface area contributed by atoms with Gasteiger partial charge in [0.25, 0.3) is 0 Å². The van der Waals surface area contributed by atoms with Gasteiger partial charge in [-0.15, -0.1) is 0 Å². The maximum Gasteiger partial charge on any atom is 0.417 e. The van der Waals surface area contributed by atoms with Crippen LogP contribution in [0.4, 0.5) is 18.9 Å². The highest BCUT2D eigenvalue weighted by atomic mass is 35.5. The highest BCUT2D eigenvalue weighted by Crippen LogP contribution is 2.41. The van der Waals surface area contributed by atoms with E-state index in [4.69, 9.17) is 11.6 Å². The average Bonchev–Trinajstić information content (AvgIpc) is 2.76. The molecule has 0 amide bonds. The van der Waals surface area contributed by atoms with Gasteiger partial charge in [-0.2, -0.15) is 24.5 Å². The van der Waals surface area contributed by atoms with Crippen LogP contribution in [-0.4, -0.2) is 14.9 Å². The van der Waals surface area contributed by atoms with Crippen molar-refractivity contribution in [3.63, 3.8) is 0 Å². The summed E-state index contributed by atoms with van der Waals surface area (Å²) in [5, 5.41) is 12.4. The fourth-order valence-electron chi connectivity index (χ4n) is 1.39. The monoisotopic (exact) mass is 309 g/mol. The van der Waals surface area contributed by atoms with Crippen molar-refractivity contribution in [1.82, 2.24) is 9.97 Å². The van der Waals surface area contributed by atoms with Crippen LogP contribution in [0.15, 0.2) is 17.0 Å². The van der Waals surface area contributed by atoms with Crippen molar-refractivity contribution in [3.05, 3.63) is 37.9 Å². The van der Waals surface area contributed by atoms with Crippen molar-refractivity contribution in [2.45, 2.75) is 6.18 Å². The van der Waals surface area contributed by atoms with E-state index in [1.807, 2.05) is 0 Å². The zero-order valence-corrected chi connectivity index (χ0v) is 10.4. The van der Waals surface area contributed by atoms with Crippen LogP contribution in [0.3, 0.4) is 0 Å². The zero-order valence-electron chi connectivity index (χ0n) is 8.81. The van der Waals surface area contributed by atoms with E-state index in [9.17, 15) is 23.3 Å². The molecule has 0 saturated heterocycles. The molecule has 0 aliphatic rings. The number of rotatable bonds is 2. The minimum atomic E-state index is -4.62. The van der Waals surface area contributed by atoms with Crippen LogP contribution in [0.5, 0.6) is 0 Å². The van der Waals surface area contributed by atoms with E-state index in [-0.39, 0.29) is 10.8 Å². The second kappa shape index (κ2) is 4.74. The van der Waals surface area contributed by atoms with Gasteiger partial charge in [0.1, 0.15) is 6.20 Å². The highest BCUT2D eigenvalue weighted by Gasteiger charge is 2.36. The van der Waals surface area contributed by atoms with Crippen molar-refractivity contribution in [2.24, 2.45) is 0 Å². The number of nitrogens with zero attached hydrogens (tertiary/aromatic N) is 3. The summed E-state index contributed by atoms with van der Waals surface area (Å²) in [4.78, 5) is 16.9. The number of aromatic nitrogens is 2. The van der Waals surface area contributed by atoms with E-state index in [1.54, 1.807) is 0 Å². The third-order valence-electron chi connectivity index (χ3n) is 2.16. The molecule has 0 spiro atoms. The first kappa shape index (κ1) is 13.7. The standard InChI is InChI=1S/C9H3ClF3N3O2S/c10-8-14-1-6(16(17)18)7(15-8)4-2-19-3-5(4)9(11,12)13/h1-3H. The molecule has 0 radical (unpaired) electrons. The second-order valence-corrected chi connectivity index (χ2v) is 4.41. The van der Waals surface area contributed by atoms with Gasteiger partial charge >= 0.3 is 11.9 Å². The van der Waals surface area contributed by atoms with Crippen LogP contribution in [0.25, 0.3) is 11.3 Å². The van der Waals surface area contributed by atoms with E-state index in [1.165, 1.54) is 0 Å². The quantitative estimate of drug-likeness (QED) is 0.481. The van der Waals surface area contributed by atoms with Gasteiger partial charge in [0.05, 0.1) is 10.5 Å². The maximum atomic E-state index is 12.8. The number of hydrogen-bond acceptors (Lipinski definition) is 5. The molecular weight excluding hydrogens is 307 g/mol. The molecule has 2 aromatic rings. The molecule has 0 unspecified atom stereocenters. The molecule has 5 nitrogen and oxygen atoms in total. The lowest BCUT2D eigenvalue weighted by molar-refractivity contribution is -0.384. The summed E-state index contributed by atoms with van der Waals surface area (Å²) in [6, 6.07) is 0. The predicted molar refractivity (Wildman–Crippen MR) is 62.0 cm³/mol. The summed E-state index contributed by atoms with van der Waals surface area (Å²) in [6.07, 6.45) is -3.84. The summed E-state index contributed by atoms with van der Waals surface area (Å²) in [5.41, 5.74) is -2.45. The molecule has 0 atom stereocenters. The smallest absolute Gasteiger partial charge is 0.258 e. The lowest BCUT2D eigenvalue weighted by Crippen LogP contribution is -2.06. The molecule has 2 rings (SSSR count). The molecule has 2 aromatic heterocycles. The van der Waals surface area contributed by atoms with E-state index in [0.717, 1.165) is 28.3 Å². The SMILES string of the molecule is O=[N+]([O-])c1cnc(Cl)nc1-c1cscc1C(F)(F)F. The van der Waals surface area contributed by atoms with E-state index < -0.39 is 28.0 Å². The van der Waals surface area contributed by atoms with Gasteiger partial charge in [-0.3, -0.25) is 10.1 Å².